The molecule has 0 saturated carbocycles. The zero-order chi connectivity index (χ0) is 25.9. The number of nitrogens with zero attached hydrogens (tertiary/aromatic N) is 3. The number of esters is 1. The molecule has 2 aromatic heterocycles. The summed E-state index contributed by atoms with van der Waals surface area (Å²) >= 11 is 0. The number of ketones is 1. The number of carbonyl (C=O) groups excluding carboxylic acids is 2. The average molecular weight is 472 g/mol. The SMILES string of the molecule is Cc1ccc(-n2c(C)cc(C(=O)COC(=O)C(C#N)=Cc3cc(C)n(CC(C)C)c3C)c2C)cc1. The number of Topliss-reactive ketones (excluding diaryl/α,β-unsaturated/α-hetero) is 1. The van der Waals surface area contributed by atoms with Gasteiger partial charge in [0.2, 0.25) is 5.78 Å². The van der Waals surface area contributed by atoms with E-state index in [0.717, 1.165) is 46.1 Å². The number of ether oxygens (including phenoxy) is 1. The Morgan fingerprint density at radius 3 is 2.26 bits per heavy atom. The molecule has 6 heteroatoms. The summed E-state index contributed by atoms with van der Waals surface area (Å²) in [6.07, 6.45) is 1.54. The lowest BCUT2D eigenvalue weighted by Gasteiger charge is -2.12. The zero-order valence-corrected chi connectivity index (χ0v) is 21.6. The van der Waals surface area contributed by atoms with E-state index in [2.05, 4.69) is 18.4 Å². The average Bonchev–Trinajstić information content (AvgIpc) is 3.25. The van der Waals surface area contributed by atoms with E-state index in [1.165, 1.54) is 6.08 Å². The molecule has 0 unspecified atom stereocenters. The second-order valence-electron chi connectivity index (χ2n) is 9.46. The number of hydrogen-bond acceptors (Lipinski definition) is 4. The Kier molecular flexibility index (Phi) is 7.81. The Bertz CT molecular complexity index is 1330. The van der Waals surface area contributed by atoms with Crippen molar-refractivity contribution in [3.8, 4) is 11.8 Å². The summed E-state index contributed by atoms with van der Waals surface area (Å²) < 4.78 is 9.43. The molecule has 0 N–H and O–H groups in total. The largest absolute Gasteiger partial charge is 0.453 e. The van der Waals surface area contributed by atoms with Gasteiger partial charge in [0.25, 0.3) is 0 Å². The minimum absolute atomic E-state index is 0.132. The highest BCUT2D eigenvalue weighted by Gasteiger charge is 2.20. The molecule has 0 bridgehead atoms. The third-order valence-electron chi connectivity index (χ3n) is 6.16. The van der Waals surface area contributed by atoms with Crippen molar-refractivity contribution < 1.29 is 14.3 Å². The summed E-state index contributed by atoms with van der Waals surface area (Å²) in [6, 6.07) is 13.7. The van der Waals surface area contributed by atoms with E-state index >= 15 is 0 Å². The van der Waals surface area contributed by atoms with Crippen LogP contribution < -0.4 is 0 Å². The van der Waals surface area contributed by atoms with Crippen molar-refractivity contribution in [3.05, 3.63) is 81.4 Å². The van der Waals surface area contributed by atoms with Crippen molar-refractivity contribution in [1.82, 2.24) is 9.13 Å². The van der Waals surface area contributed by atoms with Crippen molar-refractivity contribution in [2.75, 3.05) is 6.61 Å². The summed E-state index contributed by atoms with van der Waals surface area (Å²) in [6.45, 7) is 14.5. The quantitative estimate of drug-likeness (QED) is 0.180. The molecule has 0 amide bonds. The van der Waals surface area contributed by atoms with Crippen LogP contribution >= 0.6 is 0 Å². The van der Waals surface area contributed by atoms with Crippen LogP contribution in [-0.2, 0) is 16.1 Å². The van der Waals surface area contributed by atoms with Crippen molar-refractivity contribution in [3.63, 3.8) is 0 Å². The van der Waals surface area contributed by atoms with E-state index in [-0.39, 0.29) is 11.4 Å². The molecule has 3 rings (SSSR count). The predicted molar refractivity (Wildman–Crippen MR) is 138 cm³/mol. The molecule has 1 aromatic carbocycles. The number of nitriles is 1. The maximum Gasteiger partial charge on any atom is 0.349 e. The lowest BCUT2D eigenvalue weighted by Crippen LogP contribution is -2.16. The highest BCUT2D eigenvalue weighted by Crippen LogP contribution is 2.23. The van der Waals surface area contributed by atoms with Gasteiger partial charge in [-0.3, -0.25) is 4.79 Å². The minimum atomic E-state index is -0.804. The fourth-order valence-corrected chi connectivity index (χ4v) is 4.34. The predicted octanol–water partition coefficient (Wildman–Crippen LogP) is 5.81. The molecule has 0 radical (unpaired) electrons. The van der Waals surface area contributed by atoms with E-state index in [4.69, 9.17) is 4.74 Å². The number of aromatic nitrogens is 2. The smallest absolute Gasteiger partial charge is 0.349 e. The molecule has 0 aliphatic rings. The van der Waals surface area contributed by atoms with Gasteiger partial charge in [0.15, 0.2) is 6.61 Å². The Hall–Kier alpha value is -3.85. The van der Waals surface area contributed by atoms with Gasteiger partial charge in [0, 0.05) is 40.6 Å². The van der Waals surface area contributed by atoms with Gasteiger partial charge in [-0.15, -0.1) is 0 Å². The lowest BCUT2D eigenvalue weighted by molar-refractivity contribution is -0.137. The monoisotopic (exact) mass is 471 g/mol. The molecule has 35 heavy (non-hydrogen) atoms. The number of carbonyl (C=O) groups is 2. The van der Waals surface area contributed by atoms with Crippen LogP contribution in [0, 0.1) is 51.9 Å². The van der Waals surface area contributed by atoms with Gasteiger partial charge in [-0.05, 0) is 76.4 Å². The Morgan fingerprint density at radius 2 is 1.66 bits per heavy atom. The maximum absolute atomic E-state index is 12.9. The molecular formula is C29H33N3O3. The Morgan fingerprint density at radius 1 is 1.00 bits per heavy atom. The molecule has 2 heterocycles. The van der Waals surface area contributed by atoms with Crippen molar-refractivity contribution in [2.24, 2.45) is 5.92 Å². The second-order valence-corrected chi connectivity index (χ2v) is 9.46. The first kappa shape index (κ1) is 25.8. The molecular weight excluding hydrogens is 438 g/mol. The van der Waals surface area contributed by atoms with Crippen LogP contribution in [0.15, 0.2) is 42.0 Å². The topological polar surface area (TPSA) is 77.0 Å². The summed E-state index contributed by atoms with van der Waals surface area (Å²) in [5.74, 6) is -0.643. The maximum atomic E-state index is 12.9. The first-order valence-electron chi connectivity index (χ1n) is 11.8. The van der Waals surface area contributed by atoms with Gasteiger partial charge < -0.3 is 13.9 Å². The van der Waals surface area contributed by atoms with Crippen molar-refractivity contribution in [1.29, 1.82) is 5.26 Å². The first-order chi connectivity index (χ1) is 16.5. The van der Waals surface area contributed by atoms with Crippen LogP contribution in [0.2, 0.25) is 0 Å². The van der Waals surface area contributed by atoms with E-state index in [1.54, 1.807) is 6.07 Å². The van der Waals surface area contributed by atoms with Crippen LogP contribution in [0.5, 0.6) is 0 Å². The van der Waals surface area contributed by atoms with Gasteiger partial charge in [-0.2, -0.15) is 5.26 Å². The summed E-state index contributed by atoms with van der Waals surface area (Å²) in [7, 11) is 0. The molecule has 182 valence electrons. The molecule has 0 spiro atoms. The number of rotatable bonds is 8. The van der Waals surface area contributed by atoms with Crippen LogP contribution in [0.4, 0.5) is 0 Å². The van der Waals surface area contributed by atoms with Crippen LogP contribution in [-0.4, -0.2) is 27.5 Å². The minimum Gasteiger partial charge on any atom is -0.453 e. The third-order valence-corrected chi connectivity index (χ3v) is 6.16. The molecule has 6 nitrogen and oxygen atoms in total. The molecule has 0 fully saturated rings. The van der Waals surface area contributed by atoms with Gasteiger partial charge in [-0.25, -0.2) is 4.79 Å². The molecule has 0 atom stereocenters. The van der Waals surface area contributed by atoms with Crippen molar-refractivity contribution >= 4 is 17.8 Å². The van der Waals surface area contributed by atoms with Crippen LogP contribution in [0.3, 0.4) is 0 Å². The van der Waals surface area contributed by atoms with Gasteiger partial charge in [-0.1, -0.05) is 31.5 Å². The van der Waals surface area contributed by atoms with Crippen LogP contribution in [0.1, 0.15) is 58.1 Å². The Balaban J connectivity index is 1.76. The van der Waals surface area contributed by atoms with Gasteiger partial charge >= 0.3 is 5.97 Å². The normalized spacial score (nSPS) is 11.6. The van der Waals surface area contributed by atoms with E-state index < -0.39 is 12.6 Å². The zero-order valence-electron chi connectivity index (χ0n) is 21.6. The van der Waals surface area contributed by atoms with E-state index in [9.17, 15) is 14.9 Å². The molecule has 0 aliphatic heterocycles. The summed E-state index contributed by atoms with van der Waals surface area (Å²) in [5, 5.41) is 9.57. The summed E-state index contributed by atoms with van der Waals surface area (Å²) in [5.41, 5.74) is 7.02. The molecule has 0 aliphatic carbocycles. The number of hydrogen-bond donors (Lipinski definition) is 0. The fourth-order valence-electron chi connectivity index (χ4n) is 4.34. The summed E-state index contributed by atoms with van der Waals surface area (Å²) in [4.78, 5) is 25.5. The van der Waals surface area contributed by atoms with Crippen LogP contribution in [0.25, 0.3) is 11.8 Å². The molecule has 3 aromatic rings. The first-order valence-corrected chi connectivity index (χ1v) is 11.8. The second kappa shape index (κ2) is 10.6. The highest BCUT2D eigenvalue weighted by molar-refractivity contribution is 6.02. The Labute approximate surface area is 207 Å². The number of aryl methyl sites for hydroxylation is 3. The van der Waals surface area contributed by atoms with Gasteiger partial charge in [0.05, 0.1) is 0 Å². The number of benzene rings is 1. The van der Waals surface area contributed by atoms with E-state index in [1.807, 2.05) is 75.6 Å². The van der Waals surface area contributed by atoms with Crippen molar-refractivity contribution in [2.45, 2.75) is 55.0 Å². The lowest BCUT2D eigenvalue weighted by atomic mass is 10.1. The third kappa shape index (κ3) is 5.63. The van der Waals surface area contributed by atoms with Gasteiger partial charge in [0.1, 0.15) is 11.6 Å². The standard InChI is InChI=1S/C29H33N3O3/c1-18(2)16-31-20(4)12-24(22(31)6)14-25(15-30)29(34)35-17-28(33)27-13-21(5)32(23(27)7)26-10-8-19(3)9-11-26/h8-14,18H,16-17H2,1-7H3. The highest BCUT2D eigenvalue weighted by atomic mass is 16.5. The molecule has 0 saturated heterocycles. The van der Waals surface area contributed by atoms with E-state index in [0.29, 0.717) is 11.5 Å². The fraction of sp³-hybridized carbons (Fsp3) is 0.345.